The summed E-state index contributed by atoms with van der Waals surface area (Å²) in [5.41, 5.74) is 1.12. The average Bonchev–Trinajstić information content (AvgIpc) is 2.23. The standard InChI is InChI=1S/C10H11Cl2NO/c11-8-2-1-7(5-9(8)12)10-6-14-4-3-13-10/h1-2,5,10,13H,3-4,6H2/t10-/m0/s1. The average molecular weight is 232 g/mol. The van der Waals surface area contributed by atoms with Gasteiger partial charge in [-0.25, -0.2) is 0 Å². The minimum Gasteiger partial charge on any atom is -0.378 e. The molecule has 1 aliphatic heterocycles. The van der Waals surface area contributed by atoms with E-state index in [0.717, 1.165) is 18.7 Å². The van der Waals surface area contributed by atoms with Gasteiger partial charge < -0.3 is 10.1 Å². The predicted molar refractivity (Wildman–Crippen MR) is 58.0 cm³/mol. The quantitative estimate of drug-likeness (QED) is 0.803. The zero-order valence-electron chi connectivity index (χ0n) is 7.59. The molecule has 1 heterocycles. The summed E-state index contributed by atoms with van der Waals surface area (Å²) < 4.78 is 5.37. The van der Waals surface area contributed by atoms with E-state index in [-0.39, 0.29) is 6.04 Å². The third-order valence-electron chi connectivity index (χ3n) is 2.27. The normalized spacial score (nSPS) is 22.3. The van der Waals surface area contributed by atoms with Gasteiger partial charge in [0.15, 0.2) is 0 Å². The Morgan fingerprint density at radius 1 is 1.29 bits per heavy atom. The Morgan fingerprint density at radius 3 is 2.79 bits per heavy atom. The van der Waals surface area contributed by atoms with Gasteiger partial charge in [-0.3, -0.25) is 0 Å². The molecule has 0 unspecified atom stereocenters. The third-order valence-corrected chi connectivity index (χ3v) is 3.01. The molecule has 1 atom stereocenters. The molecule has 0 radical (unpaired) electrons. The molecule has 14 heavy (non-hydrogen) atoms. The maximum Gasteiger partial charge on any atom is 0.0662 e. The molecule has 4 heteroatoms. The molecule has 1 aromatic rings. The molecule has 0 spiro atoms. The van der Waals surface area contributed by atoms with Gasteiger partial charge in [-0.2, -0.15) is 0 Å². The molecule has 1 fully saturated rings. The van der Waals surface area contributed by atoms with Crippen molar-refractivity contribution in [1.29, 1.82) is 0 Å². The molecular weight excluding hydrogens is 221 g/mol. The Hall–Kier alpha value is -0.280. The Balaban J connectivity index is 2.18. The lowest BCUT2D eigenvalue weighted by Gasteiger charge is -2.24. The van der Waals surface area contributed by atoms with Crippen molar-refractivity contribution in [2.24, 2.45) is 0 Å². The van der Waals surface area contributed by atoms with E-state index in [1.807, 2.05) is 18.2 Å². The second-order valence-corrected chi connectivity index (χ2v) is 4.07. The van der Waals surface area contributed by atoms with Crippen molar-refractivity contribution in [2.75, 3.05) is 19.8 Å². The van der Waals surface area contributed by atoms with Crippen molar-refractivity contribution >= 4 is 23.2 Å². The van der Waals surface area contributed by atoms with Crippen LogP contribution < -0.4 is 5.32 Å². The molecule has 2 rings (SSSR count). The Kier molecular flexibility index (Phi) is 3.29. The number of benzene rings is 1. The number of hydrogen-bond donors (Lipinski definition) is 1. The van der Waals surface area contributed by atoms with Crippen LogP contribution in [-0.4, -0.2) is 19.8 Å². The van der Waals surface area contributed by atoms with Gasteiger partial charge in [-0.15, -0.1) is 0 Å². The summed E-state index contributed by atoms with van der Waals surface area (Å²) in [5.74, 6) is 0. The van der Waals surface area contributed by atoms with Gasteiger partial charge >= 0.3 is 0 Å². The van der Waals surface area contributed by atoms with Crippen molar-refractivity contribution < 1.29 is 4.74 Å². The fourth-order valence-corrected chi connectivity index (χ4v) is 1.82. The molecule has 0 amide bonds. The summed E-state index contributed by atoms with van der Waals surface area (Å²) in [7, 11) is 0. The van der Waals surface area contributed by atoms with Crippen molar-refractivity contribution in [2.45, 2.75) is 6.04 Å². The smallest absolute Gasteiger partial charge is 0.0662 e. The van der Waals surface area contributed by atoms with Crippen LogP contribution in [0.1, 0.15) is 11.6 Å². The number of halogens is 2. The largest absolute Gasteiger partial charge is 0.378 e. The van der Waals surface area contributed by atoms with Crippen LogP contribution in [0.25, 0.3) is 0 Å². The Labute approximate surface area is 93.2 Å². The van der Waals surface area contributed by atoms with Crippen LogP contribution in [0.5, 0.6) is 0 Å². The lowest BCUT2D eigenvalue weighted by Crippen LogP contribution is -2.34. The fourth-order valence-electron chi connectivity index (χ4n) is 1.51. The van der Waals surface area contributed by atoms with Gasteiger partial charge in [0.25, 0.3) is 0 Å². The summed E-state index contributed by atoms with van der Waals surface area (Å²) in [6, 6.07) is 5.91. The number of rotatable bonds is 1. The van der Waals surface area contributed by atoms with E-state index in [0.29, 0.717) is 16.7 Å². The van der Waals surface area contributed by atoms with Crippen molar-refractivity contribution in [3.63, 3.8) is 0 Å². The highest BCUT2D eigenvalue weighted by Gasteiger charge is 2.15. The molecule has 1 N–H and O–H groups in total. The van der Waals surface area contributed by atoms with E-state index in [1.165, 1.54) is 0 Å². The molecule has 2 nitrogen and oxygen atoms in total. The van der Waals surface area contributed by atoms with Gasteiger partial charge in [-0.05, 0) is 17.7 Å². The summed E-state index contributed by atoms with van der Waals surface area (Å²) in [5, 5.41) is 4.54. The molecule has 1 saturated heterocycles. The van der Waals surface area contributed by atoms with Crippen LogP contribution in [0.2, 0.25) is 10.0 Å². The summed E-state index contributed by atoms with van der Waals surface area (Å²) in [6.07, 6.45) is 0. The van der Waals surface area contributed by atoms with Gasteiger partial charge in [0.05, 0.1) is 29.3 Å². The number of nitrogens with one attached hydrogen (secondary N) is 1. The molecular formula is C10H11Cl2NO. The summed E-state index contributed by atoms with van der Waals surface area (Å²) >= 11 is 11.8. The maximum atomic E-state index is 5.93. The monoisotopic (exact) mass is 231 g/mol. The van der Waals surface area contributed by atoms with E-state index in [9.17, 15) is 0 Å². The minimum atomic E-state index is 0.235. The zero-order valence-corrected chi connectivity index (χ0v) is 9.11. The molecule has 1 aliphatic rings. The molecule has 0 aromatic heterocycles. The number of hydrogen-bond acceptors (Lipinski definition) is 2. The predicted octanol–water partition coefficient (Wildman–Crippen LogP) is 2.65. The van der Waals surface area contributed by atoms with Crippen LogP contribution in [0.15, 0.2) is 18.2 Å². The minimum absolute atomic E-state index is 0.235. The van der Waals surface area contributed by atoms with Crippen molar-refractivity contribution in [3.05, 3.63) is 33.8 Å². The Bertz CT molecular complexity index is 324. The third kappa shape index (κ3) is 2.20. The first-order valence-electron chi connectivity index (χ1n) is 4.53. The van der Waals surface area contributed by atoms with E-state index >= 15 is 0 Å². The van der Waals surface area contributed by atoms with E-state index in [2.05, 4.69) is 5.32 Å². The lowest BCUT2D eigenvalue weighted by molar-refractivity contribution is 0.0769. The lowest BCUT2D eigenvalue weighted by atomic mass is 10.1. The SMILES string of the molecule is Clc1ccc([C@@H]2COCCN2)cc1Cl. The van der Waals surface area contributed by atoms with Gasteiger partial charge in [-0.1, -0.05) is 29.3 Å². The van der Waals surface area contributed by atoms with Crippen LogP contribution in [0, 0.1) is 0 Å². The molecule has 1 aromatic carbocycles. The van der Waals surface area contributed by atoms with Crippen LogP contribution >= 0.6 is 23.2 Å². The molecule has 76 valence electrons. The van der Waals surface area contributed by atoms with Gasteiger partial charge in [0.1, 0.15) is 0 Å². The van der Waals surface area contributed by atoms with E-state index < -0.39 is 0 Å². The van der Waals surface area contributed by atoms with Gasteiger partial charge in [0, 0.05) is 6.54 Å². The molecule has 0 aliphatic carbocycles. The summed E-state index contributed by atoms with van der Waals surface area (Å²) in [4.78, 5) is 0. The number of ether oxygens (including phenoxy) is 1. The topological polar surface area (TPSA) is 21.3 Å². The van der Waals surface area contributed by atoms with Crippen LogP contribution in [0.3, 0.4) is 0 Å². The highest BCUT2D eigenvalue weighted by Crippen LogP contribution is 2.26. The maximum absolute atomic E-state index is 5.93. The first kappa shape index (κ1) is 10.2. The second-order valence-electron chi connectivity index (χ2n) is 3.26. The second kappa shape index (κ2) is 4.49. The molecule has 0 bridgehead atoms. The molecule has 0 saturated carbocycles. The summed E-state index contributed by atoms with van der Waals surface area (Å²) in [6.45, 7) is 2.35. The van der Waals surface area contributed by atoms with E-state index in [4.69, 9.17) is 27.9 Å². The highest BCUT2D eigenvalue weighted by molar-refractivity contribution is 6.42. The highest BCUT2D eigenvalue weighted by atomic mass is 35.5. The number of morpholine rings is 1. The zero-order chi connectivity index (χ0) is 9.97. The Morgan fingerprint density at radius 2 is 2.14 bits per heavy atom. The van der Waals surface area contributed by atoms with Crippen molar-refractivity contribution in [3.8, 4) is 0 Å². The van der Waals surface area contributed by atoms with Crippen molar-refractivity contribution in [1.82, 2.24) is 5.32 Å². The van der Waals surface area contributed by atoms with Crippen LogP contribution in [0.4, 0.5) is 0 Å². The first-order chi connectivity index (χ1) is 6.77. The fraction of sp³-hybridized carbons (Fsp3) is 0.400. The first-order valence-corrected chi connectivity index (χ1v) is 5.29. The van der Waals surface area contributed by atoms with E-state index in [1.54, 1.807) is 0 Å². The van der Waals surface area contributed by atoms with Gasteiger partial charge in [0.2, 0.25) is 0 Å². The van der Waals surface area contributed by atoms with Crippen LogP contribution in [-0.2, 0) is 4.74 Å².